The molecule has 0 amide bonds. The average Bonchev–Trinajstić information content (AvgIpc) is 3.23. The highest BCUT2D eigenvalue weighted by Gasteiger charge is 2.28. The van der Waals surface area contributed by atoms with Crippen LogP contribution in [0.15, 0.2) is 65.7 Å². The molecule has 0 aliphatic heterocycles. The van der Waals surface area contributed by atoms with Gasteiger partial charge in [-0.2, -0.15) is 0 Å². The van der Waals surface area contributed by atoms with Crippen molar-refractivity contribution in [2.45, 2.75) is 44.8 Å². The van der Waals surface area contributed by atoms with E-state index in [4.69, 9.17) is 11.6 Å². The highest BCUT2D eigenvalue weighted by Crippen LogP contribution is 2.35. The Morgan fingerprint density at radius 3 is 2.76 bits per heavy atom. The van der Waals surface area contributed by atoms with Crippen LogP contribution in [-0.2, 0) is 32.4 Å². The summed E-state index contributed by atoms with van der Waals surface area (Å²) in [7, 11) is 0. The second kappa shape index (κ2) is 10.4. The van der Waals surface area contributed by atoms with Crippen LogP contribution in [0, 0.1) is 0 Å². The van der Waals surface area contributed by atoms with Gasteiger partial charge in [0.25, 0.3) is 5.56 Å². The molecule has 2 aromatic carbocycles. The zero-order valence-electron chi connectivity index (χ0n) is 19.0. The molecule has 5 rings (SSSR count). The molecular weight excluding hydrogens is 466 g/mol. The Labute approximate surface area is 208 Å². The number of aryl methyl sites for hydroxylation is 3. The third-order valence-electron chi connectivity index (χ3n) is 6.67. The van der Waals surface area contributed by atoms with Gasteiger partial charge >= 0.3 is 0 Å². The maximum absolute atomic E-state index is 13.4. The minimum Gasteiger partial charge on any atom is -0.395 e. The number of aliphatic hydroxyl groups excluding tert-OH is 1. The molecule has 0 fully saturated rings. The van der Waals surface area contributed by atoms with E-state index in [2.05, 4.69) is 34.1 Å². The van der Waals surface area contributed by atoms with Crippen LogP contribution in [0.1, 0.15) is 28.0 Å². The van der Waals surface area contributed by atoms with Gasteiger partial charge in [-0.05, 0) is 54.5 Å². The first kappa shape index (κ1) is 23.2. The number of nitrogens with zero attached hydrogens (tertiary/aromatic N) is 3. The minimum atomic E-state index is 0.0551. The lowest BCUT2D eigenvalue weighted by Gasteiger charge is -2.34. The van der Waals surface area contributed by atoms with Gasteiger partial charge in [-0.3, -0.25) is 14.3 Å². The van der Waals surface area contributed by atoms with Crippen molar-refractivity contribution in [2.75, 3.05) is 13.2 Å². The zero-order valence-corrected chi connectivity index (χ0v) is 20.6. The van der Waals surface area contributed by atoms with E-state index in [0.29, 0.717) is 24.2 Å². The zero-order chi connectivity index (χ0) is 23.5. The summed E-state index contributed by atoms with van der Waals surface area (Å²) in [5.74, 6) is 0. The molecule has 7 heteroatoms. The fraction of sp³-hybridized carbons (Fsp3) is 0.333. The van der Waals surface area contributed by atoms with E-state index >= 15 is 0 Å². The molecule has 1 atom stereocenters. The molecule has 0 radical (unpaired) electrons. The summed E-state index contributed by atoms with van der Waals surface area (Å²) in [5, 5.41) is 11.2. The standard InChI is InChI=1S/C27H28ClN3O2S/c28-21-8-4-7-19(15-21)11-12-31-18-29-26-25(27(31)33)23-10-9-22(16-24(23)34-26)30(13-14-32)17-20-5-2-1-3-6-20/h1-8,15,18,22,32H,9-14,16-17H2. The first-order valence-electron chi connectivity index (χ1n) is 11.8. The Hall–Kier alpha value is -2.51. The van der Waals surface area contributed by atoms with Gasteiger partial charge in [0.2, 0.25) is 0 Å². The van der Waals surface area contributed by atoms with Crippen LogP contribution >= 0.6 is 22.9 Å². The van der Waals surface area contributed by atoms with Crippen molar-refractivity contribution in [2.24, 2.45) is 0 Å². The van der Waals surface area contributed by atoms with E-state index in [1.807, 2.05) is 30.3 Å². The Kier molecular flexibility index (Phi) is 7.11. The maximum atomic E-state index is 13.4. The highest BCUT2D eigenvalue weighted by atomic mass is 35.5. The summed E-state index contributed by atoms with van der Waals surface area (Å²) in [4.78, 5) is 22.5. The van der Waals surface area contributed by atoms with E-state index < -0.39 is 0 Å². The summed E-state index contributed by atoms with van der Waals surface area (Å²) >= 11 is 7.76. The summed E-state index contributed by atoms with van der Waals surface area (Å²) in [6.45, 7) is 2.19. The van der Waals surface area contributed by atoms with Gasteiger partial charge in [0.15, 0.2) is 0 Å². The number of rotatable bonds is 8. The largest absolute Gasteiger partial charge is 0.395 e. The van der Waals surface area contributed by atoms with Crippen molar-refractivity contribution < 1.29 is 5.11 Å². The van der Waals surface area contributed by atoms with Crippen LogP contribution in [0.5, 0.6) is 0 Å². The summed E-state index contributed by atoms with van der Waals surface area (Å²) in [5.41, 5.74) is 3.59. The van der Waals surface area contributed by atoms with Gasteiger partial charge in [-0.25, -0.2) is 4.98 Å². The van der Waals surface area contributed by atoms with E-state index in [-0.39, 0.29) is 12.2 Å². The van der Waals surface area contributed by atoms with Crippen molar-refractivity contribution >= 4 is 33.2 Å². The van der Waals surface area contributed by atoms with E-state index in [1.165, 1.54) is 16.0 Å². The van der Waals surface area contributed by atoms with Crippen LogP contribution in [0.4, 0.5) is 0 Å². The molecule has 4 aromatic rings. The molecule has 176 valence electrons. The number of aromatic nitrogens is 2. The first-order chi connectivity index (χ1) is 16.6. The lowest BCUT2D eigenvalue weighted by atomic mass is 9.91. The lowest BCUT2D eigenvalue weighted by Crippen LogP contribution is -2.40. The summed E-state index contributed by atoms with van der Waals surface area (Å²) < 4.78 is 1.73. The van der Waals surface area contributed by atoms with Gasteiger partial charge in [-0.1, -0.05) is 54.1 Å². The van der Waals surface area contributed by atoms with Crippen molar-refractivity contribution in [1.29, 1.82) is 0 Å². The molecule has 0 spiro atoms. The summed E-state index contributed by atoms with van der Waals surface area (Å²) in [6.07, 6.45) is 5.15. The Balaban J connectivity index is 1.37. The van der Waals surface area contributed by atoms with Crippen molar-refractivity contribution in [3.8, 4) is 0 Å². The van der Waals surface area contributed by atoms with Crippen LogP contribution in [0.25, 0.3) is 10.2 Å². The predicted octanol–water partition coefficient (Wildman–Crippen LogP) is 4.71. The summed E-state index contributed by atoms with van der Waals surface area (Å²) in [6, 6.07) is 18.5. The second-order valence-corrected chi connectivity index (χ2v) is 10.4. The van der Waals surface area contributed by atoms with Gasteiger partial charge in [0.1, 0.15) is 4.83 Å². The highest BCUT2D eigenvalue weighted by molar-refractivity contribution is 7.18. The Morgan fingerprint density at radius 1 is 1.15 bits per heavy atom. The number of thiophene rings is 1. The number of benzene rings is 2. The van der Waals surface area contributed by atoms with Crippen molar-refractivity contribution in [1.82, 2.24) is 14.5 Å². The predicted molar refractivity (Wildman–Crippen MR) is 139 cm³/mol. The third kappa shape index (κ3) is 4.96. The second-order valence-electron chi connectivity index (χ2n) is 8.88. The fourth-order valence-corrected chi connectivity index (χ4v) is 6.40. The van der Waals surface area contributed by atoms with Gasteiger partial charge in [-0.15, -0.1) is 11.3 Å². The van der Waals surface area contributed by atoms with Gasteiger partial charge in [0.05, 0.1) is 18.3 Å². The lowest BCUT2D eigenvalue weighted by molar-refractivity contribution is 0.133. The van der Waals surface area contributed by atoms with Crippen LogP contribution in [0.3, 0.4) is 0 Å². The molecule has 1 aliphatic rings. The quantitative estimate of drug-likeness (QED) is 0.386. The fourth-order valence-electron chi connectivity index (χ4n) is 4.93. The SMILES string of the molecule is O=c1c2c3c(sc2ncn1CCc1cccc(Cl)c1)CC(N(CCO)Cc1ccccc1)CC3. The number of hydrogen-bond acceptors (Lipinski definition) is 5. The monoisotopic (exact) mass is 493 g/mol. The molecule has 0 bridgehead atoms. The van der Waals surface area contributed by atoms with Crippen LogP contribution in [-0.4, -0.2) is 38.8 Å². The van der Waals surface area contributed by atoms with Crippen LogP contribution in [0.2, 0.25) is 5.02 Å². The number of hydrogen-bond donors (Lipinski definition) is 1. The number of fused-ring (bicyclic) bond motifs is 3. The molecule has 5 nitrogen and oxygen atoms in total. The molecule has 0 saturated heterocycles. The van der Waals surface area contributed by atoms with Crippen molar-refractivity contribution in [3.63, 3.8) is 0 Å². The molecule has 1 unspecified atom stereocenters. The topological polar surface area (TPSA) is 58.4 Å². The Morgan fingerprint density at radius 2 is 1.97 bits per heavy atom. The molecule has 2 heterocycles. The van der Waals surface area contributed by atoms with E-state index in [0.717, 1.165) is 48.0 Å². The molecule has 1 aliphatic carbocycles. The van der Waals surface area contributed by atoms with E-state index in [9.17, 15) is 9.90 Å². The molecule has 34 heavy (non-hydrogen) atoms. The third-order valence-corrected chi connectivity index (χ3v) is 8.07. The van der Waals surface area contributed by atoms with Gasteiger partial charge in [0, 0.05) is 35.6 Å². The van der Waals surface area contributed by atoms with Gasteiger partial charge < -0.3 is 5.11 Å². The molecule has 0 saturated carbocycles. The smallest absolute Gasteiger partial charge is 0.262 e. The minimum absolute atomic E-state index is 0.0551. The Bertz CT molecular complexity index is 1330. The first-order valence-corrected chi connectivity index (χ1v) is 12.9. The number of halogens is 1. The van der Waals surface area contributed by atoms with Crippen LogP contribution < -0.4 is 5.56 Å². The maximum Gasteiger partial charge on any atom is 0.262 e. The van der Waals surface area contributed by atoms with Crippen molar-refractivity contribution in [3.05, 3.63) is 97.9 Å². The molecular formula is C27H28ClN3O2S. The molecule has 1 N–H and O–H groups in total. The normalized spacial score (nSPS) is 15.7. The molecule has 2 aromatic heterocycles. The average molecular weight is 494 g/mol. The van der Waals surface area contributed by atoms with E-state index in [1.54, 1.807) is 22.2 Å². The number of aliphatic hydroxyl groups is 1.